The van der Waals surface area contributed by atoms with Crippen molar-refractivity contribution >= 4 is 35.4 Å². The van der Waals surface area contributed by atoms with E-state index in [0.717, 1.165) is 0 Å². The third kappa shape index (κ3) is 4.43. The number of carbonyl (C=O) groups is 1. The first-order valence-corrected chi connectivity index (χ1v) is 10.7. The van der Waals surface area contributed by atoms with Gasteiger partial charge in [0.2, 0.25) is 5.96 Å². The predicted octanol–water partition coefficient (Wildman–Crippen LogP) is 0.393. The summed E-state index contributed by atoms with van der Waals surface area (Å²) in [7, 11) is 1.95. The molecule has 1 aromatic carbocycles. The van der Waals surface area contributed by atoms with Crippen LogP contribution in [-0.2, 0) is 14.8 Å². The number of amides is 1. The maximum Gasteiger partial charge on any atom is 0.410 e. The molecule has 2 radical (unpaired) electrons. The Labute approximate surface area is 167 Å². The molecule has 2 heterocycles. The van der Waals surface area contributed by atoms with Gasteiger partial charge in [-0.2, -0.15) is 0 Å². The zero-order chi connectivity index (χ0) is 20.5. The molecule has 2 aliphatic rings. The fourth-order valence-electron chi connectivity index (χ4n) is 3.09. The highest BCUT2D eigenvalue weighted by atomic mass is 32.2. The van der Waals surface area contributed by atoms with Gasteiger partial charge in [0, 0.05) is 26.2 Å². The molecule has 2 aliphatic heterocycles. The largest absolute Gasteiger partial charge is 0.444 e. The fourth-order valence-corrected chi connectivity index (χ4v) is 4.53. The molecule has 0 unspecified atom stereocenters. The van der Waals surface area contributed by atoms with Gasteiger partial charge >= 0.3 is 6.09 Å². The number of nitrogens with zero attached hydrogens (tertiary/aromatic N) is 4. The van der Waals surface area contributed by atoms with Gasteiger partial charge in [-0.3, -0.25) is 4.99 Å². The first kappa shape index (κ1) is 20.5. The number of hydrogen-bond acceptors (Lipinski definition) is 6. The molecular weight excluding hydrogens is 379 g/mol. The van der Waals surface area contributed by atoms with Gasteiger partial charge in [0.05, 0.1) is 18.0 Å². The van der Waals surface area contributed by atoms with E-state index < -0.39 is 15.6 Å². The number of hydrogen-bond donors (Lipinski definition) is 0. The van der Waals surface area contributed by atoms with Gasteiger partial charge < -0.3 is 14.5 Å². The van der Waals surface area contributed by atoms with E-state index in [4.69, 9.17) is 12.6 Å². The molecule has 1 amide bonds. The van der Waals surface area contributed by atoms with Crippen LogP contribution in [0.1, 0.15) is 20.8 Å². The molecule has 150 valence electrons. The zero-order valence-corrected chi connectivity index (χ0v) is 17.3. The molecule has 0 N–H and O–H groups in total. The Morgan fingerprint density at radius 1 is 1.07 bits per heavy atom. The molecule has 28 heavy (non-hydrogen) atoms. The van der Waals surface area contributed by atoms with Crippen LogP contribution in [0.25, 0.3) is 0 Å². The van der Waals surface area contributed by atoms with Crippen LogP contribution < -0.4 is 5.46 Å². The van der Waals surface area contributed by atoms with Crippen LogP contribution in [0.15, 0.2) is 34.2 Å². The predicted molar refractivity (Wildman–Crippen MR) is 107 cm³/mol. The number of rotatable bonds is 2. The SMILES string of the molecule is [B]c1ccc(S(=O)(=O)N2CCN=C2N2CCN(C(=O)OC(C)(C)C)CC2)cc1. The molecule has 3 rings (SSSR count). The Balaban J connectivity index is 1.68. The Kier molecular flexibility index (Phi) is 5.61. The quantitative estimate of drug-likeness (QED) is 0.667. The van der Waals surface area contributed by atoms with Crippen molar-refractivity contribution in [3.05, 3.63) is 24.3 Å². The van der Waals surface area contributed by atoms with Gasteiger partial charge in [-0.25, -0.2) is 17.5 Å². The van der Waals surface area contributed by atoms with Gasteiger partial charge in [0.1, 0.15) is 13.4 Å². The summed E-state index contributed by atoms with van der Waals surface area (Å²) in [5.41, 5.74) is -0.0409. The summed E-state index contributed by atoms with van der Waals surface area (Å²) in [5, 5.41) is 0. The minimum atomic E-state index is -3.71. The lowest BCUT2D eigenvalue weighted by molar-refractivity contribution is 0.0183. The number of benzene rings is 1. The van der Waals surface area contributed by atoms with Crippen LogP contribution in [0.4, 0.5) is 4.79 Å². The Morgan fingerprint density at radius 2 is 1.68 bits per heavy atom. The maximum atomic E-state index is 13.0. The van der Waals surface area contributed by atoms with Crippen molar-refractivity contribution in [1.82, 2.24) is 14.1 Å². The molecule has 8 nitrogen and oxygen atoms in total. The molecule has 10 heteroatoms. The lowest BCUT2D eigenvalue weighted by Crippen LogP contribution is -2.55. The molecule has 0 aliphatic carbocycles. The summed E-state index contributed by atoms with van der Waals surface area (Å²) >= 11 is 0. The van der Waals surface area contributed by atoms with Crippen molar-refractivity contribution < 1.29 is 17.9 Å². The second-order valence-corrected chi connectivity index (χ2v) is 9.64. The standard InChI is InChI=1S/C18H25BN4O4S/c1-18(2,3)27-17(24)22-12-10-21(11-13-22)16-20-8-9-23(16)28(25,26)15-6-4-14(19)5-7-15/h4-7H,8-13H2,1-3H3. The zero-order valence-electron chi connectivity index (χ0n) is 16.5. The lowest BCUT2D eigenvalue weighted by Gasteiger charge is -2.38. The minimum Gasteiger partial charge on any atom is -0.444 e. The highest BCUT2D eigenvalue weighted by Gasteiger charge is 2.36. The smallest absolute Gasteiger partial charge is 0.410 e. The average molecular weight is 404 g/mol. The summed E-state index contributed by atoms with van der Waals surface area (Å²) in [4.78, 5) is 20.4. The van der Waals surface area contributed by atoms with Crippen LogP contribution >= 0.6 is 0 Å². The Bertz CT molecular complexity index is 857. The Hall–Kier alpha value is -2.23. The van der Waals surface area contributed by atoms with E-state index in [0.29, 0.717) is 50.7 Å². The summed E-state index contributed by atoms with van der Waals surface area (Å²) < 4.78 is 32.8. The first-order valence-electron chi connectivity index (χ1n) is 9.23. The minimum absolute atomic E-state index is 0.184. The summed E-state index contributed by atoms with van der Waals surface area (Å²) in [6.45, 7) is 8.08. The van der Waals surface area contributed by atoms with Gasteiger partial charge in [0.25, 0.3) is 10.0 Å². The molecular formula is C18H25BN4O4S. The number of carbonyl (C=O) groups excluding carboxylic acids is 1. The van der Waals surface area contributed by atoms with Crippen LogP contribution in [0.3, 0.4) is 0 Å². The van der Waals surface area contributed by atoms with Gasteiger partial charge in [-0.05, 0) is 32.9 Å². The van der Waals surface area contributed by atoms with Crippen molar-refractivity contribution in [1.29, 1.82) is 0 Å². The fraction of sp³-hybridized carbons (Fsp3) is 0.556. The van der Waals surface area contributed by atoms with E-state index in [1.807, 2.05) is 25.7 Å². The molecule has 0 aromatic heterocycles. The number of guanidine groups is 1. The van der Waals surface area contributed by atoms with E-state index in [-0.39, 0.29) is 11.0 Å². The summed E-state index contributed by atoms with van der Waals surface area (Å²) in [6.07, 6.45) is -0.355. The molecule has 0 saturated carbocycles. The normalized spacial score (nSPS) is 18.2. The summed E-state index contributed by atoms with van der Waals surface area (Å²) in [6, 6.07) is 6.14. The first-order chi connectivity index (χ1) is 13.1. The number of aliphatic imine (C=N–C) groups is 1. The number of sulfonamides is 1. The molecule has 0 atom stereocenters. The molecule has 1 saturated heterocycles. The van der Waals surface area contributed by atoms with Crippen LogP contribution in [0.5, 0.6) is 0 Å². The van der Waals surface area contributed by atoms with Crippen molar-refractivity contribution in [3.63, 3.8) is 0 Å². The second kappa shape index (κ2) is 7.65. The Morgan fingerprint density at radius 3 is 2.25 bits per heavy atom. The number of piperazine rings is 1. The second-order valence-electron chi connectivity index (χ2n) is 7.78. The third-order valence-corrected chi connectivity index (χ3v) is 6.26. The molecule has 1 fully saturated rings. The average Bonchev–Trinajstić information content (AvgIpc) is 3.11. The van der Waals surface area contributed by atoms with Gasteiger partial charge in [-0.15, -0.1) is 0 Å². The van der Waals surface area contributed by atoms with Crippen molar-refractivity contribution in [2.45, 2.75) is 31.3 Å². The van der Waals surface area contributed by atoms with Crippen LogP contribution in [-0.4, -0.2) is 87.3 Å². The third-order valence-electron chi connectivity index (χ3n) is 4.46. The van der Waals surface area contributed by atoms with E-state index in [1.165, 1.54) is 16.4 Å². The van der Waals surface area contributed by atoms with Crippen molar-refractivity contribution in [2.75, 3.05) is 39.3 Å². The van der Waals surface area contributed by atoms with Gasteiger partial charge in [-0.1, -0.05) is 17.6 Å². The van der Waals surface area contributed by atoms with E-state index in [1.54, 1.807) is 17.0 Å². The van der Waals surface area contributed by atoms with Crippen LogP contribution in [0.2, 0.25) is 0 Å². The van der Waals surface area contributed by atoms with Crippen molar-refractivity contribution in [2.24, 2.45) is 4.99 Å². The van der Waals surface area contributed by atoms with Gasteiger partial charge in [0.15, 0.2) is 0 Å². The van der Waals surface area contributed by atoms with E-state index in [2.05, 4.69) is 4.99 Å². The van der Waals surface area contributed by atoms with Crippen molar-refractivity contribution in [3.8, 4) is 0 Å². The molecule has 0 spiro atoms. The number of ether oxygens (including phenoxy) is 1. The van der Waals surface area contributed by atoms with E-state index in [9.17, 15) is 13.2 Å². The van der Waals surface area contributed by atoms with Crippen LogP contribution in [0, 0.1) is 0 Å². The monoisotopic (exact) mass is 404 g/mol. The lowest BCUT2D eigenvalue weighted by atomic mass is 9.97. The van der Waals surface area contributed by atoms with E-state index >= 15 is 0 Å². The highest BCUT2D eigenvalue weighted by Crippen LogP contribution is 2.21. The molecule has 1 aromatic rings. The topological polar surface area (TPSA) is 82.5 Å². The molecule has 0 bridgehead atoms. The summed E-state index contributed by atoms with van der Waals surface area (Å²) in [5.74, 6) is 0.431. The maximum absolute atomic E-state index is 13.0. The highest BCUT2D eigenvalue weighted by molar-refractivity contribution is 7.89.